The summed E-state index contributed by atoms with van der Waals surface area (Å²) in [6.45, 7) is 10.9. The van der Waals surface area contributed by atoms with E-state index in [1.165, 1.54) is 74.6 Å². The summed E-state index contributed by atoms with van der Waals surface area (Å²) in [5.74, 6) is 4.58. The molecular formula is C92H78O24. The first-order valence-corrected chi connectivity index (χ1v) is 34.6. The third kappa shape index (κ3) is 26.7. The molecule has 0 saturated carbocycles. The van der Waals surface area contributed by atoms with Crippen LogP contribution < -0.4 is 37.9 Å². The second-order valence-electron chi connectivity index (χ2n) is 23.5. The van der Waals surface area contributed by atoms with Crippen molar-refractivity contribution in [3.63, 3.8) is 0 Å². The van der Waals surface area contributed by atoms with Gasteiger partial charge in [-0.05, 0) is 176 Å². The van der Waals surface area contributed by atoms with Crippen LogP contribution in [0, 0.1) is 37.0 Å². The molecule has 0 unspecified atom stereocenters. The maximum Gasteiger partial charge on any atom is 0.339 e. The number of carbonyl (C=O) groups is 8. The predicted molar refractivity (Wildman–Crippen MR) is 438 cm³/mol. The van der Waals surface area contributed by atoms with Gasteiger partial charge < -0.3 is 78.4 Å². The molecule has 116 heavy (non-hydrogen) atoms. The van der Waals surface area contributed by atoms with Crippen LogP contribution >= 0.6 is 0 Å². The molecule has 0 amide bonds. The van der Waals surface area contributed by atoms with Crippen molar-refractivity contribution in [3.05, 3.63) is 300 Å². The average molecular weight is 1570 g/mol. The number of benzene rings is 12. The number of phenolic OH excluding ortho intramolecular Hbond substituents is 1. The van der Waals surface area contributed by atoms with Gasteiger partial charge in [-0.1, -0.05) is 153 Å². The first-order valence-electron chi connectivity index (χ1n) is 34.6. The number of hydrogen-bond donors (Lipinski definition) is 7. The number of para-hydroxylation sites is 2. The van der Waals surface area contributed by atoms with Crippen LogP contribution in [0.4, 0.5) is 0 Å². The van der Waals surface area contributed by atoms with Crippen LogP contribution in [0.25, 0.3) is 49.2 Å². The second kappa shape index (κ2) is 46.5. The van der Waals surface area contributed by atoms with Crippen molar-refractivity contribution in [2.75, 3.05) is 47.3 Å². The molecule has 0 aliphatic rings. The minimum Gasteiger partial charge on any atom is -0.508 e. The monoisotopic (exact) mass is 1570 g/mol. The molecule has 7 N–H and O–H groups in total. The molecule has 590 valence electrons. The molecule has 0 atom stereocenters. The molecule has 0 bridgehead atoms. The minimum atomic E-state index is -1.08. The van der Waals surface area contributed by atoms with Gasteiger partial charge in [0.15, 0.2) is 11.5 Å². The fraction of sp³-hybridized carbons (Fsp3) is 0.109. The van der Waals surface area contributed by atoms with Crippen LogP contribution in [-0.2, 0) is 27.2 Å². The highest BCUT2D eigenvalue weighted by atomic mass is 16.5. The molecule has 0 aromatic heterocycles. The van der Waals surface area contributed by atoms with Crippen molar-refractivity contribution in [2.45, 2.75) is 19.8 Å². The van der Waals surface area contributed by atoms with Crippen LogP contribution in [0.1, 0.15) is 91.3 Å². The number of aromatic hydroxyl groups is 1. The van der Waals surface area contributed by atoms with Crippen molar-refractivity contribution >= 4 is 97.9 Å². The summed E-state index contributed by atoms with van der Waals surface area (Å²) in [5, 5.41) is 69.8. The first kappa shape index (κ1) is 88.9. The average Bonchev–Trinajstić information content (AvgIpc) is 0.794. The Hall–Kier alpha value is -16.0. The van der Waals surface area contributed by atoms with Gasteiger partial charge in [-0.2, -0.15) is 0 Å². The molecule has 0 aliphatic heterocycles. The van der Waals surface area contributed by atoms with Gasteiger partial charge >= 0.3 is 35.8 Å². The second-order valence-corrected chi connectivity index (χ2v) is 23.5. The number of hydrogen-bond acceptors (Lipinski definition) is 18. The topological polar surface area (TPSA) is 361 Å². The van der Waals surface area contributed by atoms with Crippen LogP contribution in [0.5, 0.6) is 51.7 Å². The predicted octanol–water partition coefficient (Wildman–Crippen LogP) is 16.8. The smallest absolute Gasteiger partial charge is 0.339 e. The molecule has 24 heteroatoms. The van der Waals surface area contributed by atoms with Gasteiger partial charge in [0.25, 0.3) is 12.9 Å². The number of carboxylic acids is 6. The molecule has 0 saturated heterocycles. The van der Waals surface area contributed by atoms with E-state index in [4.69, 9.17) is 72.5 Å². The van der Waals surface area contributed by atoms with Crippen LogP contribution in [0.15, 0.2) is 244 Å². The number of methoxy groups -OCH3 is 2. The Bertz CT molecular complexity index is 5590. The molecule has 12 aromatic carbocycles. The van der Waals surface area contributed by atoms with Crippen LogP contribution in [0.2, 0.25) is 0 Å². The Morgan fingerprint density at radius 2 is 0.879 bits per heavy atom. The fourth-order valence-corrected chi connectivity index (χ4v) is 10.8. The third-order valence-electron chi connectivity index (χ3n) is 16.2. The van der Waals surface area contributed by atoms with E-state index in [9.17, 15) is 58.8 Å². The van der Waals surface area contributed by atoms with Gasteiger partial charge in [0.1, 0.15) is 90.0 Å². The quantitative estimate of drug-likeness (QED) is 0.0109. The molecular weight excluding hydrogens is 1490 g/mol. The largest absolute Gasteiger partial charge is 0.508 e. The Morgan fingerprint density at radius 3 is 1.45 bits per heavy atom. The Morgan fingerprint density at radius 1 is 0.405 bits per heavy atom. The van der Waals surface area contributed by atoms with E-state index in [0.717, 1.165) is 61.0 Å². The number of carboxylic acid groups (broad SMARTS) is 6. The van der Waals surface area contributed by atoms with Gasteiger partial charge in [0.05, 0.1) is 37.2 Å². The van der Waals surface area contributed by atoms with Gasteiger partial charge in [0.2, 0.25) is 0 Å². The molecule has 24 nitrogen and oxygen atoms in total. The molecule has 12 rings (SSSR count). The number of aryl methyl sites for hydroxylation is 1. The zero-order valence-corrected chi connectivity index (χ0v) is 62.8. The SMILES string of the molecule is C#CCOc1cc2c(OCC#C)cccc2cc1C(=O)O.C#CCOc1ccc(CC)cc1.C=COCCOc1cc2ccccc2cc1C(=O)O.C=Cc1cccc2cc(C(=O)O)ccc12.COc1c(Cc2cccc(C(=O)O)c2OC)cccc1OC=O.O=C(O)c1ccc2cc(O)ccc2c1.O=COc1ccc(C(=O)O)cc1. The third-order valence-corrected chi connectivity index (χ3v) is 16.2. The van der Waals surface area contributed by atoms with E-state index < -0.39 is 35.8 Å². The maximum atomic E-state index is 11.3. The van der Waals surface area contributed by atoms with Crippen molar-refractivity contribution in [1.29, 1.82) is 0 Å². The summed E-state index contributed by atoms with van der Waals surface area (Å²) in [5.41, 5.74) is 4.77. The number of ether oxygens (including phenoxy) is 9. The number of carbonyl (C=O) groups excluding carboxylic acids is 2. The lowest BCUT2D eigenvalue weighted by molar-refractivity contribution is -0.121. The zero-order chi connectivity index (χ0) is 84.5. The van der Waals surface area contributed by atoms with E-state index in [1.807, 2.05) is 78.9 Å². The summed E-state index contributed by atoms with van der Waals surface area (Å²) in [4.78, 5) is 86.0. The van der Waals surface area contributed by atoms with E-state index in [2.05, 4.69) is 42.6 Å². The van der Waals surface area contributed by atoms with Crippen LogP contribution in [0.3, 0.4) is 0 Å². The van der Waals surface area contributed by atoms with Crippen LogP contribution in [-0.4, -0.2) is 132 Å². The lowest BCUT2D eigenvalue weighted by atomic mass is 10.00. The summed E-state index contributed by atoms with van der Waals surface area (Å²) in [7, 11) is 2.90. The molecule has 0 heterocycles. The fourth-order valence-electron chi connectivity index (χ4n) is 10.8. The highest BCUT2D eigenvalue weighted by molar-refractivity contribution is 6.01. The first-order chi connectivity index (χ1) is 56.0. The highest BCUT2D eigenvalue weighted by Crippen LogP contribution is 2.36. The molecule has 0 radical (unpaired) electrons. The van der Waals surface area contributed by atoms with Gasteiger partial charge in [0, 0.05) is 17.4 Å². The molecule has 0 aliphatic carbocycles. The summed E-state index contributed by atoms with van der Waals surface area (Å²) in [6.07, 6.45) is 19.9. The number of fused-ring (bicyclic) bond motifs is 4. The van der Waals surface area contributed by atoms with E-state index >= 15 is 0 Å². The van der Waals surface area contributed by atoms with Gasteiger partial charge in [-0.15, -0.1) is 19.3 Å². The van der Waals surface area contributed by atoms with E-state index in [-0.39, 0.29) is 65.6 Å². The summed E-state index contributed by atoms with van der Waals surface area (Å²) < 4.78 is 46.3. The normalized spacial score (nSPS) is 9.79. The summed E-state index contributed by atoms with van der Waals surface area (Å²) in [6, 6.07) is 63.3. The standard InChI is InChI=1S/C17H16O6.C17H12O4.C15H14O4.C13H10O2.C11H8O3.C11H12O.C8H6O4/c1-21-15-11(5-3-7-13(15)17(19)20)9-12-6-4-8-14(23-10-18)16(12)22-2;1-3-8-20-15-7-5-6-12-10-14(17(18)19)16(11-13(12)15)21-9-4-2;1-2-18-7-8-19-14-10-12-6-4-3-5-11(12)9-13(14)15(16)17;1-2-9-4-3-5-10-8-11(13(14)15)6-7-12(9)10;12-10-4-3-7-5-9(11(13)14)2-1-8(7)6-10;1-3-9-12-11-7-5-10(4-2)6-8-11;9-5-12-7-3-1-6(2-4-7)8(10)11/h3-8,10H,9H2,1-2H3,(H,19,20);1-2,5-7,10-11H,8-9H2,(H,18,19);2-6,9-10H,1,7-8H2,(H,16,17);2-8H,1H2,(H,14,15);1-6,12H,(H,13,14);1,5-8H,4,9H2,2H3;1-5H,(H,10,11). The van der Waals surface area contributed by atoms with Gasteiger partial charge in [-0.25, -0.2) is 28.8 Å². The van der Waals surface area contributed by atoms with E-state index in [1.54, 1.807) is 103 Å². The Labute approximate surface area is 666 Å². The van der Waals surface area contributed by atoms with E-state index in [0.29, 0.717) is 77.1 Å². The lowest BCUT2D eigenvalue weighted by Gasteiger charge is -2.14. The molecule has 12 aromatic rings. The number of terminal acetylenes is 3. The number of aromatic carboxylic acids is 6. The molecule has 0 spiro atoms. The van der Waals surface area contributed by atoms with Crippen molar-refractivity contribution in [1.82, 2.24) is 0 Å². The lowest BCUT2D eigenvalue weighted by Crippen LogP contribution is -2.08. The molecule has 0 fully saturated rings. The van der Waals surface area contributed by atoms with Crippen molar-refractivity contribution in [2.24, 2.45) is 0 Å². The Balaban J connectivity index is 0.000000213. The highest BCUT2D eigenvalue weighted by Gasteiger charge is 2.20. The maximum absolute atomic E-state index is 11.3. The number of rotatable bonds is 27. The Kier molecular flexibility index (Phi) is 35.6. The number of phenols is 1. The summed E-state index contributed by atoms with van der Waals surface area (Å²) >= 11 is 0. The minimum absolute atomic E-state index is 0.0147. The van der Waals surface area contributed by atoms with Crippen molar-refractivity contribution < 1.29 is 117 Å². The van der Waals surface area contributed by atoms with Gasteiger partial charge in [-0.3, -0.25) is 9.59 Å². The van der Waals surface area contributed by atoms with Crippen molar-refractivity contribution in [3.8, 4) is 88.8 Å². The zero-order valence-electron chi connectivity index (χ0n) is 62.8.